The molecule has 3 rings (SSSR count). The number of hydrogen-bond acceptors (Lipinski definition) is 6. The van der Waals surface area contributed by atoms with E-state index in [1.54, 1.807) is 36.8 Å². The molecular formula is C18H23Br2N7O4. The van der Waals surface area contributed by atoms with Crippen molar-refractivity contribution in [1.29, 1.82) is 0 Å². The Morgan fingerprint density at radius 3 is 2.45 bits per heavy atom. The van der Waals surface area contributed by atoms with Crippen molar-refractivity contribution in [3.8, 4) is 0 Å². The summed E-state index contributed by atoms with van der Waals surface area (Å²) in [6, 6.07) is -0.565. The highest BCUT2D eigenvalue weighted by Gasteiger charge is 2.29. The standard InChI is InChI=1S/C18H23Br2N7O4/c1-4-31-18(30)26-7-5-25(6-8-26)17(29)11(3)27-9-12(10(2)24-27)21-16(28)14-13(19)15(20)23-22-14/h9,11H,4-8H2,1-3H3,(H,21,28)(H,22,23). The number of aromatic nitrogens is 4. The Bertz CT molecular complexity index is 982. The zero-order chi connectivity index (χ0) is 22.7. The van der Waals surface area contributed by atoms with Gasteiger partial charge in [0.15, 0.2) is 5.69 Å². The molecule has 0 spiro atoms. The number of nitrogens with one attached hydrogen (secondary N) is 2. The Hall–Kier alpha value is -2.41. The third-order valence-corrected chi connectivity index (χ3v) is 6.80. The number of H-pyrrole nitrogens is 1. The zero-order valence-corrected chi connectivity index (χ0v) is 20.5. The van der Waals surface area contributed by atoms with Gasteiger partial charge in [0.05, 0.1) is 22.5 Å². The van der Waals surface area contributed by atoms with Crippen LogP contribution in [0.2, 0.25) is 0 Å². The van der Waals surface area contributed by atoms with E-state index < -0.39 is 11.9 Å². The number of halogens is 2. The SMILES string of the molecule is CCOC(=O)N1CCN(C(=O)C(C)n2cc(NC(=O)c3n[nH]c(Br)c3Br)c(C)n2)CC1. The first-order valence-corrected chi connectivity index (χ1v) is 11.3. The minimum absolute atomic E-state index is 0.108. The fourth-order valence-corrected chi connectivity index (χ4v) is 3.78. The summed E-state index contributed by atoms with van der Waals surface area (Å²) < 4.78 is 7.61. The molecule has 2 aromatic heterocycles. The molecule has 3 amide bonds. The number of aryl methyl sites for hydroxylation is 1. The van der Waals surface area contributed by atoms with E-state index in [1.807, 2.05) is 0 Å². The van der Waals surface area contributed by atoms with Crippen LogP contribution in [-0.2, 0) is 9.53 Å². The first-order chi connectivity index (χ1) is 14.7. The lowest BCUT2D eigenvalue weighted by Gasteiger charge is -2.35. The number of nitrogens with zero attached hydrogens (tertiary/aromatic N) is 5. The molecule has 1 unspecified atom stereocenters. The second-order valence-electron chi connectivity index (χ2n) is 6.95. The maximum atomic E-state index is 12.9. The third kappa shape index (κ3) is 5.09. The number of amides is 3. The predicted octanol–water partition coefficient (Wildman–Crippen LogP) is 2.55. The van der Waals surface area contributed by atoms with Gasteiger partial charge in [-0.2, -0.15) is 10.2 Å². The Kier molecular flexibility index (Phi) is 7.36. The molecule has 0 bridgehead atoms. The Balaban J connectivity index is 1.63. The van der Waals surface area contributed by atoms with E-state index in [-0.39, 0.29) is 17.7 Å². The number of carbonyl (C=O) groups is 3. The van der Waals surface area contributed by atoms with Crippen molar-refractivity contribution in [2.75, 3.05) is 38.1 Å². The van der Waals surface area contributed by atoms with Crippen LogP contribution in [0.25, 0.3) is 0 Å². The molecule has 1 aliphatic heterocycles. The van der Waals surface area contributed by atoms with Gasteiger partial charge in [-0.15, -0.1) is 0 Å². The summed E-state index contributed by atoms with van der Waals surface area (Å²) in [6.07, 6.45) is 1.27. The highest BCUT2D eigenvalue weighted by molar-refractivity contribution is 9.13. The number of hydrogen-bond donors (Lipinski definition) is 2. The van der Waals surface area contributed by atoms with Crippen LogP contribution in [0.4, 0.5) is 10.5 Å². The van der Waals surface area contributed by atoms with Gasteiger partial charge in [-0.05, 0) is 52.6 Å². The molecule has 1 fully saturated rings. The fraction of sp³-hybridized carbons (Fsp3) is 0.500. The topological polar surface area (TPSA) is 125 Å². The second kappa shape index (κ2) is 9.81. The van der Waals surface area contributed by atoms with Gasteiger partial charge in [-0.25, -0.2) is 4.79 Å². The van der Waals surface area contributed by atoms with Gasteiger partial charge in [0.1, 0.15) is 10.6 Å². The highest BCUT2D eigenvalue weighted by Crippen LogP contribution is 2.25. The number of carbonyl (C=O) groups excluding carboxylic acids is 3. The minimum atomic E-state index is -0.565. The molecule has 0 aromatic carbocycles. The van der Waals surface area contributed by atoms with Gasteiger partial charge in [0.2, 0.25) is 5.91 Å². The summed E-state index contributed by atoms with van der Waals surface area (Å²) in [5.74, 6) is -0.520. The molecule has 11 nitrogen and oxygen atoms in total. The van der Waals surface area contributed by atoms with Crippen LogP contribution in [0.1, 0.15) is 36.1 Å². The maximum Gasteiger partial charge on any atom is 0.409 e. The van der Waals surface area contributed by atoms with Crippen molar-refractivity contribution in [3.63, 3.8) is 0 Å². The molecule has 0 aliphatic carbocycles. The normalized spacial score (nSPS) is 15.0. The van der Waals surface area contributed by atoms with Crippen LogP contribution in [0.3, 0.4) is 0 Å². The molecule has 168 valence electrons. The van der Waals surface area contributed by atoms with E-state index >= 15 is 0 Å². The van der Waals surface area contributed by atoms with Crippen molar-refractivity contribution < 1.29 is 19.1 Å². The summed E-state index contributed by atoms with van der Waals surface area (Å²) in [7, 11) is 0. The first-order valence-electron chi connectivity index (χ1n) is 9.69. The molecule has 2 N–H and O–H groups in total. The van der Waals surface area contributed by atoms with Crippen molar-refractivity contribution in [3.05, 3.63) is 26.7 Å². The first kappa shape index (κ1) is 23.3. The summed E-state index contributed by atoms with van der Waals surface area (Å²) in [5, 5.41) is 13.8. The van der Waals surface area contributed by atoms with Gasteiger partial charge < -0.3 is 19.9 Å². The molecule has 3 heterocycles. The summed E-state index contributed by atoms with van der Waals surface area (Å²) >= 11 is 6.54. The molecule has 1 atom stereocenters. The quantitative estimate of drug-likeness (QED) is 0.579. The van der Waals surface area contributed by atoms with Crippen molar-refractivity contribution >= 4 is 55.5 Å². The van der Waals surface area contributed by atoms with Gasteiger partial charge in [0.25, 0.3) is 5.91 Å². The van der Waals surface area contributed by atoms with Gasteiger partial charge in [-0.1, -0.05) is 0 Å². The molecule has 2 aromatic rings. The molecule has 0 radical (unpaired) electrons. The van der Waals surface area contributed by atoms with Gasteiger partial charge >= 0.3 is 6.09 Å². The molecule has 31 heavy (non-hydrogen) atoms. The maximum absolute atomic E-state index is 12.9. The lowest BCUT2D eigenvalue weighted by molar-refractivity contribution is -0.136. The summed E-state index contributed by atoms with van der Waals surface area (Å²) in [6.45, 7) is 7.27. The van der Waals surface area contributed by atoms with E-state index in [4.69, 9.17) is 4.74 Å². The Morgan fingerprint density at radius 1 is 1.23 bits per heavy atom. The van der Waals surface area contributed by atoms with Crippen LogP contribution in [0.5, 0.6) is 0 Å². The van der Waals surface area contributed by atoms with Crippen LogP contribution in [-0.4, -0.2) is 80.5 Å². The summed E-state index contributed by atoms with van der Waals surface area (Å²) in [5.41, 5.74) is 1.26. The number of ether oxygens (including phenoxy) is 1. The zero-order valence-electron chi connectivity index (χ0n) is 17.3. The fourth-order valence-electron chi connectivity index (χ4n) is 3.14. The molecule has 0 saturated carbocycles. The molecule has 1 aliphatic rings. The Labute approximate surface area is 195 Å². The number of rotatable bonds is 5. The minimum Gasteiger partial charge on any atom is -0.450 e. The van der Waals surface area contributed by atoms with Crippen molar-refractivity contribution in [1.82, 2.24) is 29.8 Å². The lowest BCUT2D eigenvalue weighted by atomic mass is 10.2. The molecular weight excluding hydrogens is 538 g/mol. The van der Waals surface area contributed by atoms with Gasteiger partial charge in [0, 0.05) is 32.4 Å². The molecule has 1 saturated heterocycles. The van der Waals surface area contributed by atoms with Crippen LogP contribution >= 0.6 is 31.9 Å². The lowest BCUT2D eigenvalue weighted by Crippen LogP contribution is -2.52. The average molecular weight is 561 g/mol. The average Bonchev–Trinajstić information content (AvgIpc) is 3.29. The van der Waals surface area contributed by atoms with E-state index in [1.165, 1.54) is 4.68 Å². The van der Waals surface area contributed by atoms with E-state index in [0.717, 1.165) is 0 Å². The highest BCUT2D eigenvalue weighted by atomic mass is 79.9. The summed E-state index contributed by atoms with van der Waals surface area (Å²) in [4.78, 5) is 40.5. The Morgan fingerprint density at radius 2 is 1.87 bits per heavy atom. The van der Waals surface area contributed by atoms with E-state index in [2.05, 4.69) is 52.5 Å². The molecule has 13 heteroatoms. The van der Waals surface area contributed by atoms with Crippen molar-refractivity contribution in [2.45, 2.75) is 26.8 Å². The van der Waals surface area contributed by atoms with Crippen LogP contribution in [0, 0.1) is 6.92 Å². The largest absolute Gasteiger partial charge is 0.450 e. The third-order valence-electron chi connectivity index (χ3n) is 4.92. The van der Waals surface area contributed by atoms with Crippen LogP contribution in [0.15, 0.2) is 15.3 Å². The van der Waals surface area contributed by atoms with Crippen LogP contribution < -0.4 is 5.32 Å². The van der Waals surface area contributed by atoms with Crippen molar-refractivity contribution in [2.24, 2.45) is 0 Å². The predicted molar refractivity (Wildman–Crippen MR) is 119 cm³/mol. The smallest absolute Gasteiger partial charge is 0.409 e. The second-order valence-corrected chi connectivity index (χ2v) is 8.54. The van der Waals surface area contributed by atoms with E-state index in [0.29, 0.717) is 53.2 Å². The monoisotopic (exact) mass is 559 g/mol. The number of piperazine rings is 1. The van der Waals surface area contributed by atoms with Gasteiger partial charge in [-0.3, -0.25) is 19.4 Å². The van der Waals surface area contributed by atoms with E-state index in [9.17, 15) is 14.4 Å². The number of anilines is 1. The number of aromatic amines is 1.